The van der Waals surface area contributed by atoms with Gasteiger partial charge in [-0.25, -0.2) is 0 Å². The van der Waals surface area contributed by atoms with Crippen molar-refractivity contribution in [1.29, 1.82) is 0 Å². The molecule has 0 radical (unpaired) electrons. The van der Waals surface area contributed by atoms with Crippen LogP contribution in [-0.2, 0) is 0 Å². The predicted molar refractivity (Wildman–Crippen MR) is 46.8 cm³/mol. The smallest absolute Gasteiger partial charge is 0.0854 e. The van der Waals surface area contributed by atoms with Gasteiger partial charge in [-0.15, -0.1) is 0 Å². The molecule has 0 aromatic rings. The molecular weight excluding hydrogens is 119 g/mol. The van der Waals surface area contributed by atoms with Crippen LogP contribution in [0.25, 0.3) is 0 Å². The molecule has 0 amide bonds. The molecule has 56 valence electrons. The summed E-state index contributed by atoms with van der Waals surface area (Å²) >= 11 is 0. The zero-order valence-electron chi connectivity index (χ0n) is 7.19. The van der Waals surface area contributed by atoms with E-state index in [9.17, 15) is 0 Å². The molecule has 0 aromatic heterocycles. The third-order valence-electron chi connectivity index (χ3n) is 3.83. The van der Waals surface area contributed by atoms with Gasteiger partial charge in [0.1, 0.15) is 6.71 Å². The van der Waals surface area contributed by atoms with E-state index in [0.29, 0.717) is 0 Å². The minimum absolute atomic E-state index is 0.926. The molecule has 0 spiro atoms. The Balaban J connectivity index is 1.64. The van der Waals surface area contributed by atoms with Gasteiger partial charge in [-0.2, -0.15) is 0 Å². The van der Waals surface area contributed by atoms with Crippen LogP contribution in [0.3, 0.4) is 0 Å². The summed E-state index contributed by atoms with van der Waals surface area (Å²) in [6.45, 7) is 5.84. The molecule has 2 unspecified atom stereocenters. The second-order valence-electron chi connectivity index (χ2n) is 4.29. The Morgan fingerprint density at radius 2 is 2.20 bits per heavy atom. The lowest BCUT2D eigenvalue weighted by atomic mass is 9.55. The summed E-state index contributed by atoms with van der Waals surface area (Å²) in [6, 6.07) is 0. The third-order valence-corrected chi connectivity index (χ3v) is 3.83. The van der Waals surface area contributed by atoms with E-state index in [-0.39, 0.29) is 0 Å². The van der Waals surface area contributed by atoms with Crippen molar-refractivity contribution in [2.24, 2.45) is 0 Å². The molecule has 2 rings (SSSR count). The highest BCUT2D eigenvalue weighted by Gasteiger charge is 2.76. The Hall–Kier alpha value is 0.0649. The highest BCUT2D eigenvalue weighted by atomic mass is 14.6. The molecule has 1 aliphatic heterocycles. The Morgan fingerprint density at radius 1 is 1.50 bits per heavy atom. The van der Waals surface area contributed by atoms with E-state index in [0.717, 1.165) is 12.0 Å². The van der Waals surface area contributed by atoms with E-state index in [2.05, 4.69) is 13.7 Å². The highest BCUT2D eigenvalue weighted by Crippen LogP contribution is 2.88. The molecular formula is C9H17B. The Labute approximate surface area is 64.5 Å². The largest absolute Gasteiger partial charge is 0.145 e. The minimum Gasteiger partial charge on any atom is -0.0854 e. The number of unbranched alkanes of at least 4 members (excludes halogenated alkanes) is 2. The first-order chi connectivity index (χ1) is 4.81. The maximum absolute atomic E-state index is 2.43. The molecule has 1 aliphatic carbocycles. The molecule has 1 heterocycles. The summed E-state index contributed by atoms with van der Waals surface area (Å²) in [5.41, 5.74) is 0. The molecule has 2 fully saturated rings. The first-order valence-electron chi connectivity index (χ1n) is 4.81. The van der Waals surface area contributed by atoms with Crippen LogP contribution in [0.1, 0.15) is 39.0 Å². The zero-order valence-corrected chi connectivity index (χ0v) is 7.19. The molecule has 0 aromatic carbocycles. The van der Waals surface area contributed by atoms with E-state index in [4.69, 9.17) is 0 Å². The maximum Gasteiger partial charge on any atom is 0.145 e. The molecule has 2 atom stereocenters. The first-order valence-corrected chi connectivity index (χ1v) is 4.81. The average Bonchev–Trinajstić information content (AvgIpc) is 2.76. The number of rotatable bonds is 4. The predicted octanol–water partition coefficient (Wildman–Crippen LogP) is 3.22. The van der Waals surface area contributed by atoms with Crippen LogP contribution in [0.5, 0.6) is 0 Å². The van der Waals surface area contributed by atoms with Gasteiger partial charge in [-0.05, 0) is 0 Å². The Kier molecular flexibility index (Phi) is 1.37. The quantitative estimate of drug-likeness (QED) is 0.411. The lowest BCUT2D eigenvalue weighted by Gasteiger charge is -2.03. The topological polar surface area (TPSA) is 0 Å². The number of hydrogen-bond acceptors (Lipinski definition) is 0. The van der Waals surface area contributed by atoms with Crippen molar-refractivity contribution in [3.05, 3.63) is 0 Å². The molecule has 0 nitrogen and oxygen atoms in total. The molecule has 2 aliphatic rings. The van der Waals surface area contributed by atoms with Crippen LogP contribution in [0.2, 0.25) is 18.0 Å². The summed E-state index contributed by atoms with van der Waals surface area (Å²) in [5.74, 6) is 1.18. The van der Waals surface area contributed by atoms with Gasteiger partial charge >= 0.3 is 0 Å². The SMILES string of the molecule is CCCCCC12CC1B2C. The zero-order chi connectivity index (χ0) is 7.19. The monoisotopic (exact) mass is 136 g/mol. The van der Waals surface area contributed by atoms with E-state index < -0.39 is 0 Å². The fraction of sp³-hybridized carbons (Fsp3) is 1.00. The Morgan fingerprint density at radius 3 is 2.60 bits per heavy atom. The average molecular weight is 136 g/mol. The van der Waals surface area contributed by atoms with Crippen molar-refractivity contribution in [1.82, 2.24) is 0 Å². The molecule has 1 saturated carbocycles. The van der Waals surface area contributed by atoms with Gasteiger partial charge in [0.05, 0.1) is 0 Å². The van der Waals surface area contributed by atoms with Crippen molar-refractivity contribution >= 4 is 6.71 Å². The van der Waals surface area contributed by atoms with Gasteiger partial charge < -0.3 is 0 Å². The maximum atomic E-state index is 2.43. The van der Waals surface area contributed by atoms with Crippen molar-refractivity contribution in [3.8, 4) is 0 Å². The van der Waals surface area contributed by atoms with Gasteiger partial charge in [0.25, 0.3) is 0 Å². The van der Waals surface area contributed by atoms with Crippen molar-refractivity contribution in [2.75, 3.05) is 0 Å². The van der Waals surface area contributed by atoms with Gasteiger partial charge in [0.15, 0.2) is 0 Å². The minimum atomic E-state index is 0.926. The lowest BCUT2D eigenvalue weighted by Crippen LogP contribution is -1.98. The van der Waals surface area contributed by atoms with Crippen molar-refractivity contribution in [2.45, 2.75) is 57.0 Å². The van der Waals surface area contributed by atoms with Crippen molar-refractivity contribution < 1.29 is 0 Å². The summed E-state index contributed by atoms with van der Waals surface area (Å²) in [7, 11) is 0. The summed E-state index contributed by atoms with van der Waals surface area (Å²) in [5, 5.41) is 0.926. The standard InChI is InChI=1S/C9H17B/c1-3-4-5-6-9-7-8(9)10(9)2/h8H,3-7H2,1-2H3. The van der Waals surface area contributed by atoms with Crippen LogP contribution in [0, 0.1) is 0 Å². The third kappa shape index (κ3) is 0.757. The fourth-order valence-electron chi connectivity index (χ4n) is 2.57. The highest BCUT2D eigenvalue weighted by molar-refractivity contribution is 6.80. The second kappa shape index (κ2) is 2.02. The van der Waals surface area contributed by atoms with Gasteiger partial charge in [-0.3, -0.25) is 0 Å². The fourth-order valence-corrected chi connectivity index (χ4v) is 2.57. The number of fused-ring (bicyclic) bond motifs is 1. The van der Waals surface area contributed by atoms with Crippen molar-refractivity contribution in [3.63, 3.8) is 0 Å². The normalized spacial score (nSPS) is 41.4. The Bertz CT molecular complexity index is 138. The van der Waals surface area contributed by atoms with E-state index in [1.807, 2.05) is 0 Å². The van der Waals surface area contributed by atoms with Crippen LogP contribution in [0.15, 0.2) is 0 Å². The molecule has 0 N–H and O–H groups in total. The number of hydrogen-bond donors (Lipinski definition) is 0. The van der Waals surface area contributed by atoms with Crippen LogP contribution >= 0.6 is 0 Å². The molecule has 10 heavy (non-hydrogen) atoms. The molecule has 0 bridgehead atoms. The van der Waals surface area contributed by atoms with Gasteiger partial charge in [0, 0.05) is 0 Å². The summed E-state index contributed by atoms with van der Waals surface area (Å²) < 4.78 is 0. The van der Waals surface area contributed by atoms with Crippen LogP contribution < -0.4 is 0 Å². The van der Waals surface area contributed by atoms with Gasteiger partial charge in [0.2, 0.25) is 0 Å². The summed E-state index contributed by atoms with van der Waals surface area (Å²) in [6.07, 6.45) is 7.47. The van der Waals surface area contributed by atoms with E-state index in [1.54, 1.807) is 12.8 Å². The van der Waals surface area contributed by atoms with E-state index >= 15 is 0 Å². The molecule has 1 heteroatoms. The van der Waals surface area contributed by atoms with Crippen LogP contribution in [-0.4, -0.2) is 6.71 Å². The molecule has 1 saturated heterocycles. The first kappa shape index (κ1) is 6.76. The second-order valence-corrected chi connectivity index (χ2v) is 4.29. The lowest BCUT2D eigenvalue weighted by molar-refractivity contribution is 0.646. The van der Waals surface area contributed by atoms with E-state index in [1.165, 1.54) is 25.1 Å². The van der Waals surface area contributed by atoms with Crippen LogP contribution in [0.4, 0.5) is 0 Å². The summed E-state index contributed by atoms with van der Waals surface area (Å²) in [4.78, 5) is 0. The van der Waals surface area contributed by atoms with Gasteiger partial charge in [-0.1, -0.05) is 57.0 Å².